The van der Waals surface area contributed by atoms with Gasteiger partial charge in [-0.25, -0.2) is 5.10 Å². The molecule has 0 saturated carbocycles. The van der Waals surface area contributed by atoms with Crippen molar-refractivity contribution in [3.8, 4) is 5.75 Å². The van der Waals surface area contributed by atoms with Crippen LogP contribution in [0.25, 0.3) is 0 Å². The largest absolute Gasteiger partial charge is 0.490 e. The van der Waals surface area contributed by atoms with Gasteiger partial charge in [0.2, 0.25) is 0 Å². The van der Waals surface area contributed by atoms with Crippen LogP contribution in [0.5, 0.6) is 5.75 Å². The second kappa shape index (κ2) is 7.16. The molecule has 2 aliphatic rings. The Kier molecular flexibility index (Phi) is 4.82. The number of H-pyrrole nitrogens is 1. The monoisotopic (exact) mass is 390 g/mol. The number of hydrogen-bond donors (Lipinski definition) is 1. The maximum absolute atomic E-state index is 13.3. The van der Waals surface area contributed by atoms with E-state index in [9.17, 15) is 18.0 Å². The van der Waals surface area contributed by atoms with Crippen molar-refractivity contribution in [1.82, 2.24) is 15.0 Å². The number of rotatable bonds is 3. The summed E-state index contributed by atoms with van der Waals surface area (Å²) in [5, 5.41) is 5.41. The molecule has 0 atom stereocenters. The van der Waals surface area contributed by atoms with Gasteiger partial charge in [-0.2, -0.15) is 18.3 Å². The summed E-state index contributed by atoms with van der Waals surface area (Å²) in [5.74, 6) is 0.691. The molecule has 1 saturated heterocycles. The fourth-order valence-corrected chi connectivity index (χ4v) is 3.70. The summed E-state index contributed by atoms with van der Waals surface area (Å²) in [7, 11) is 5.75. The predicted molar refractivity (Wildman–Crippen MR) is 97.2 cm³/mol. The predicted octanol–water partition coefficient (Wildman–Crippen LogP) is 2.24. The van der Waals surface area contributed by atoms with Gasteiger partial charge in [-0.1, -0.05) is 6.07 Å². The van der Waals surface area contributed by atoms with Crippen molar-refractivity contribution in [3.63, 3.8) is 0 Å². The highest BCUT2D eigenvalue weighted by Crippen LogP contribution is 2.37. The lowest BCUT2D eigenvalue weighted by molar-refractivity contribution is -0.138. The second-order valence-corrected chi connectivity index (χ2v) is 7.10. The Bertz CT molecular complexity index is 926. The zero-order chi connectivity index (χ0) is 19.9. The number of piperidine rings is 1. The van der Waals surface area contributed by atoms with Crippen LogP contribution in [-0.2, 0) is 19.3 Å². The zero-order valence-corrected chi connectivity index (χ0v) is 15.0. The fraction of sp³-hybridized carbons (Fsp3) is 0.444. The number of benzene rings is 1. The molecule has 0 amide bonds. The molecule has 1 N–H and O–H groups in total. The molecule has 0 spiro atoms. The summed E-state index contributed by atoms with van der Waals surface area (Å²) >= 11 is 0. The highest BCUT2D eigenvalue weighted by molar-refractivity contribution is 6.04. The van der Waals surface area contributed by atoms with Crippen molar-refractivity contribution >= 4 is 13.7 Å². The first-order chi connectivity index (χ1) is 13.3. The molecule has 4 rings (SSSR count). The summed E-state index contributed by atoms with van der Waals surface area (Å²) in [6.45, 7) is 2.05. The molecule has 6 nitrogen and oxygen atoms in total. The topological polar surface area (TPSA) is 61.5 Å². The summed E-state index contributed by atoms with van der Waals surface area (Å²) in [4.78, 5) is 15.0. The number of aromatic amines is 1. The summed E-state index contributed by atoms with van der Waals surface area (Å²) in [5.41, 5.74) is -0.901. The van der Waals surface area contributed by atoms with Crippen LogP contribution >= 0.6 is 0 Å². The van der Waals surface area contributed by atoms with Crippen molar-refractivity contribution in [1.29, 1.82) is 0 Å². The summed E-state index contributed by atoms with van der Waals surface area (Å²) in [6, 6.07) is 5.55. The van der Waals surface area contributed by atoms with E-state index in [-0.39, 0.29) is 24.9 Å². The van der Waals surface area contributed by atoms with Crippen molar-refractivity contribution < 1.29 is 17.9 Å². The van der Waals surface area contributed by atoms with Gasteiger partial charge in [0.1, 0.15) is 17.4 Å². The van der Waals surface area contributed by atoms with Crippen LogP contribution in [0.3, 0.4) is 0 Å². The summed E-state index contributed by atoms with van der Waals surface area (Å²) in [6.07, 6.45) is -1.98. The lowest BCUT2D eigenvalue weighted by Crippen LogP contribution is -2.36. The fourth-order valence-electron chi connectivity index (χ4n) is 3.70. The number of halogens is 3. The van der Waals surface area contributed by atoms with E-state index in [1.165, 1.54) is 4.90 Å². The number of anilines is 1. The molecule has 0 unspecified atom stereocenters. The van der Waals surface area contributed by atoms with Crippen LogP contribution in [0.15, 0.2) is 29.2 Å². The van der Waals surface area contributed by atoms with Crippen LogP contribution in [-0.4, -0.2) is 42.2 Å². The highest BCUT2D eigenvalue weighted by Gasteiger charge is 2.39. The van der Waals surface area contributed by atoms with Gasteiger partial charge in [0.25, 0.3) is 5.56 Å². The number of alkyl halides is 3. The number of ether oxygens (including phenoxy) is 1. The minimum absolute atomic E-state index is 0.0732. The van der Waals surface area contributed by atoms with E-state index in [1.54, 1.807) is 4.81 Å². The minimum Gasteiger partial charge on any atom is -0.490 e. The molecule has 28 heavy (non-hydrogen) atoms. The number of aromatic nitrogens is 2. The third kappa shape index (κ3) is 3.73. The van der Waals surface area contributed by atoms with Gasteiger partial charge in [0, 0.05) is 13.1 Å². The van der Waals surface area contributed by atoms with Crippen LogP contribution in [0.2, 0.25) is 0 Å². The van der Waals surface area contributed by atoms with Crippen LogP contribution in [0, 0.1) is 0 Å². The third-order valence-electron chi connectivity index (χ3n) is 5.14. The van der Waals surface area contributed by atoms with E-state index >= 15 is 0 Å². The molecule has 2 aromatic rings. The Balaban J connectivity index is 1.54. The number of hydrogen-bond acceptors (Lipinski definition) is 5. The quantitative estimate of drug-likeness (QED) is 0.815. The average Bonchev–Trinajstić information content (AvgIpc) is 3.05. The zero-order valence-electron chi connectivity index (χ0n) is 15.0. The summed E-state index contributed by atoms with van der Waals surface area (Å²) < 4.78 is 46.0. The van der Waals surface area contributed by atoms with Gasteiger partial charge in [-0.3, -0.25) is 4.79 Å². The molecule has 10 heteroatoms. The number of fused-ring (bicyclic) bond motifs is 1. The molecule has 1 fully saturated rings. The Morgan fingerprint density at radius 2 is 1.89 bits per heavy atom. The molecule has 146 valence electrons. The van der Waals surface area contributed by atoms with Gasteiger partial charge in [0.05, 0.1) is 11.9 Å². The molecule has 1 aromatic heterocycles. The Morgan fingerprint density at radius 3 is 2.61 bits per heavy atom. The van der Waals surface area contributed by atoms with Crippen LogP contribution < -0.4 is 15.2 Å². The molecule has 0 aliphatic carbocycles. The minimum atomic E-state index is -4.76. The first kappa shape index (κ1) is 18.9. The van der Waals surface area contributed by atoms with Gasteiger partial charge in [-0.15, -0.1) is 0 Å². The van der Waals surface area contributed by atoms with E-state index in [1.807, 2.05) is 23.3 Å². The third-order valence-corrected chi connectivity index (χ3v) is 5.14. The highest BCUT2D eigenvalue weighted by atomic mass is 19.4. The van der Waals surface area contributed by atoms with E-state index in [0.29, 0.717) is 5.75 Å². The molecule has 0 bridgehead atoms. The molecular formula is C18H18BF3N4O2. The molecular weight excluding hydrogens is 372 g/mol. The van der Waals surface area contributed by atoms with Crippen LogP contribution in [0.4, 0.5) is 18.9 Å². The van der Waals surface area contributed by atoms with Gasteiger partial charge < -0.3 is 14.4 Å². The normalized spacial score (nSPS) is 18.3. The molecule has 3 heterocycles. The number of nitrogens with one attached hydrogen (secondary N) is 1. The number of nitrogens with zero attached hydrogens (tertiary/aromatic N) is 3. The van der Waals surface area contributed by atoms with Gasteiger partial charge in [-0.05, 0) is 49.2 Å². The lowest BCUT2D eigenvalue weighted by atomic mass is 10.0. The molecule has 1 aromatic carbocycles. The van der Waals surface area contributed by atoms with Gasteiger partial charge in [0.15, 0.2) is 7.98 Å². The Morgan fingerprint density at radius 1 is 1.18 bits per heavy atom. The van der Waals surface area contributed by atoms with Crippen molar-refractivity contribution in [2.75, 3.05) is 18.0 Å². The second-order valence-electron chi connectivity index (χ2n) is 7.10. The maximum atomic E-state index is 13.3. The standard InChI is InChI=1S/C18H18BF3N4O2/c19-26-5-3-13(4-6-26)28-14-2-1-11-9-25(10-12(11)7-14)15-8-23-24-17(27)16(15)18(20,21)22/h1-2,7-8,13H,3-6,9-10H2,(H,24,27). The first-order valence-corrected chi connectivity index (χ1v) is 8.99. The molecule has 2 aliphatic heterocycles. The Hall–Kier alpha value is -2.49. The SMILES string of the molecule is [B]N1CCC(Oc2ccc3c(c2)CN(c2cn[nH]c(=O)c2C(F)(F)F)C3)CC1. The van der Waals surface area contributed by atoms with Gasteiger partial charge >= 0.3 is 6.18 Å². The lowest BCUT2D eigenvalue weighted by Gasteiger charge is -2.29. The smallest absolute Gasteiger partial charge is 0.423 e. The van der Waals surface area contributed by atoms with E-state index < -0.39 is 17.3 Å². The molecule has 2 radical (unpaired) electrons. The van der Waals surface area contributed by atoms with Crippen molar-refractivity contribution in [3.05, 3.63) is 51.4 Å². The first-order valence-electron chi connectivity index (χ1n) is 8.99. The van der Waals surface area contributed by atoms with Crippen LogP contribution in [0.1, 0.15) is 29.5 Å². The van der Waals surface area contributed by atoms with Crippen molar-refractivity contribution in [2.24, 2.45) is 0 Å². The van der Waals surface area contributed by atoms with E-state index in [0.717, 1.165) is 43.3 Å². The van der Waals surface area contributed by atoms with Crippen molar-refractivity contribution in [2.45, 2.75) is 38.2 Å². The Labute approximate surface area is 160 Å². The van der Waals surface area contributed by atoms with E-state index in [2.05, 4.69) is 5.10 Å². The average molecular weight is 390 g/mol. The van der Waals surface area contributed by atoms with E-state index in [4.69, 9.17) is 12.7 Å². The maximum Gasteiger partial charge on any atom is 0.423 e.